The number of carbonyl (C=O) groups excluding carboxylic acids is 1. The summed E-state index contributed by atoms with van der Waals surface area (Å²) in [6.07, 6.45) is 1.65. The summed E-state index contributed by atoms with van der Waals surface area (Å²) in [5.74, 6) is 6.16. The summed E-state index contributed by atoms with van der Waals surface area (Å²) in [5.41, 5.74) is 7.40. The van der Waals surface area contributed by atoms with Gasteiger partial charge in [-0.15, -0.1) is 0 Å². The van der Waals surface area contributed by atoms with Gasteiger partial charge in [-0.05, 0) is 30.5 Å². The third-order valence-electron chi connectivity index (χ3n) is 3.63. The monoisotopic (exact) mass is 286 g/mol. The lowest BCUT2D eigenvalue weighted by atomic mass is 9.98. The van der Waals surface area contributed by atoms with E-state index in [9.17, 15) is 4.79 Å². The van der Waals surface area contributed by atoms with Crippen LogP contribution in [0.3, 0.4) is 0 Å². The number of ether oxygens (including phenoxy) is 1. The van der Waals surface area contributed by atoms with Crippen molar-refractivity contribution in [1.29, 1.82) is 0 Å². The van der Waals surface area contributed by atoms with E-state index in [1.165, 1.54) is 0 Å². The summed E-state index contributed by atoms with van der Waals surface area (Å²) in [6, 6.07) is 7.94. The maximum absolute atomic E-state index is 12.4. The topological polar surface area (TPSA) is 55.6 Å². The Morgan fingerprint density at radius 1 is 1.43 bits per heavy atom. The molecule has 0 atom stereocenters. The van der Waals surface area contributed by atoms with Crippen molar-refractivity contribution in [3.05, 3.63) is 35.4 Å². The largest absolute Gasteiger partial charge is 0.381 e. The van der Waals surface area contributed by atoms with E-state index in [0.717, 1.165) is 24.0 Å². The van der Waals surface area contributed by atoms with Gasteiger partial charge < -0.3 is 15.4 Å². The standard InChI is InChI=1S/C17H22N2O2/c1-19(17(20)16-7-10-21-11-8-16)13-15-5-2-4-14(12-15)6-3-9-18/h2,4-5,12,16H,7-11,13,18H2,1H3. The van der Waals surface area contributed by atoms with Gasteiger partial charge in [-0.2, -0.15) is 0 Å². The first-order chi connectivity index (χ1) is 10.2. The second-order valence-corrected chi connectivity index (χ2v) is 5.29. The highest BCUT2D eigenvalue weighted by Crippen LogP contribution is 2.18. The second-order valence-electron chi connectivity index (χ2n) is 5.29. The van der Waals surface area contributed by atoms with Gasteiger partial charge in [-0.25, -0.2) is 0 Å². The first-order valence-corrected chi connectivity index (χ1v) is 7.31. The number of hydrogen-bond acceptors (Lipinski definition) is 3. The van der Waals surface area contributed by atoms with E-state index in [4.69, 9.17) is 10.5 Å². The average molecular weight is 286 g/mol. The van der Waals surface area contributed by atoms with E-state index in [1.54, 1.807) is 4.90 Å². The zero-order valence-corrected chi connectivity index (χ0v) is 12.5. The van der Waals surface area contributed by atoms with Crippen LogP contribution in [0.2, 0.25) is 0 Å². The van der Waals surface area contributed by atoms with Crippen molar-refractivity contribution < 1.29 is 9.53 Å². The lowest BCUT2D eigenvalue weighted by Crippen LogP contribution is -2.35. The molecule has 0 spiro atoms. The molecule has 0 radical (unpaired) electrons. The number of benzene rings is 1. The van der Waals surface area contributed by atoms with Crippen LogP contribution in [0, 0.1) is 17.8 Å². The van der Waals surface area contributed by atoms with E-state index >= 15 is 0 Å². The second kappa shape index (κ2) is 7.82. The molecule has 1 aliphatic rings. The zero-order valence-electron chi connectivity index (χ0n) is 12.5. The van der Waals surface area contributed by atoms with E-state index in [0.29, 0.717) is 26.3 Å². The smallest absolute Gasteiger partial charge is 0.225 e. The summed E-state index contributed by atoms with van der Waals surface area (Å²) in [7, 11) is 1.86. The van der Waals surface area contributed by atoms with Crippen LogP contribution in [0.5, 0.6) is 0 Å². The maximum atomic E-state index is 12.4. The third kappa shape index (κ3) is 4.59. The van der Waals surface area contributed by atoms with Gasteiger partial charge in [-0.3, -0.25) is 4.79 Å². The molecule has 4 nitrogen and oxygen atoms in total. The van der Waals surface area contributed by atoms with Crippen molar-refractivity contribution in [2.24, 2.45) is 11.7 Å². The van der Waals surface area contributed by atoms with Gasteiger partial charge in [0.2, 0.25) is 5.91 Å². The van der Waals surface area contributed by atoms with Crippen LogP contribution in [0.25, 0.3) is 0 Å². The molecule has 2 N–H and O–H groups in total. The van der Waals surface area contributed by atoms with Gasteiger partial charge in [0.1, 0.15) is 0 Å². The molecule has 0 unspecified atom stereocenters. The van der Waals surface area contributed by atoms with Crippen LogP contribution in [0.15, 0.2) is 24.3 Å². The number of hydrogen-bond donors (Lipinski definition) is 1. The Morgan fingerprint density at radius 3 is 2.90 bits per heavy atom. The Bertz CT molecular complexity index is 539. The fourth-order valence-electron chi connectivity index (χ4n) is 2.51. The van der Waals surface area contributed by atoms with Crippen LogP contribution >= 0.6 is 0 Å². The molecule has 2 rings (SSSR count). The molecule has 1 saturated heterocycles. The molecule has 1 aliphatic heterocycles. The van der Waals surface area contributed by atoms with E-state index < -0.39 is 0 Å². The predicted octanol–water partition coefficient (Wildman–Crippen LogP) is 1.38. The molecule has 1 aromatic rings. The number of rotatable bonds is 3. The fraction of sp³-hybridized carbons (Fsp3) is 0.471. The molecular weight excluding hydrogens is 264 g/mol. The highest BCUT2D eigenvalue weighted by Gasteiger charge is 2.24. The summed E-state index contributed by atoms with van der Waals surface area (Å²) >= 11 is 0. The van der Waals surface area contributed by atoms with Crippen LogP contribution < -0.4 is 5.73 Å². The van der Waals surface area contributed by atoms with Gasteiger partial charge in [0.05, 0.1) is 6.54 Å². The average Bonchev–Trinajstić information content (AvgIpc) is 2.53. The Balaban J connectivity index is 1.98. The lowest BCUT2D eigenvalue weighted by molar-refractivity contribution is -0.137. The molecule has 0 saturated carbocycles. The minimum Gasteiger partial charge on any atom is -0.381 e. The van der Waals surface area contributed by atoms with Crippen molar-refractivity contribution in [3.63, 3.8) is 0 Å². The molecule has 0 aromatic heterocycles. The van der Waals surface area contributed by atoms with Gasteiger partial charge >= 0.3 is 0 Å². The zero-order chi connectivity index (χ0) is 15.1. The number of nitrogens with two attached hydrogens (primary N) is 1. The SMILES string of the molecule is CN(Cc1cccc(C#CCN)c1)C(=O)C1CCOCC1. The molecular formula is C17H22N2O2. The molecule has 4 heteroatoms. The fourth-order valence-corrected chi connectivity index (χ4v) is 2.51. The number of amides is 1. The van der Waals surface area contributed by atoms with Gasteiger partial charge in [0.25, 0.3) is 0 Å². The number of carbonyl (C=O) groups is 1. The molecule has 0 aliphatic carbocycles. The van der Waals surface area contributed by atoms with Crippen molar-refractivity contribution >= 4 is 5.91 Å². The van der Waals surface area contributed by atoms with Gasteiger partial charge in [0.15, 0.2) is 0 Å². The third-order valence-corrected chi connectivity index (χ3v) is 3.63. The van der Waals surface area contributed by atoms with Crippen LogP contribution in [-0.4, -0.2) is 37.6 Å². The van der Waals surface area contributed by atoms with E-state index in [1.807, 2.05) is 31.3 Å². The maximum Gasteiger partial charge on any atom is 0.225 e. The highest BCUT2D eigenvalue weighted by molar-refractivity contribution is 5.78. The van der Waals surface area contributed by atoms with Crippen LogP contribution in [-0.2, 0) is 16.1 Å². The van der Waals surface area contributed by atoms with Crippen LogP contribution in [0.1, 0.15) is 24.0 Å². The normalized spacial score (nSPS) is 15.1. The minimum atomic E-state index is 0.101. The Morgan fingerprint density at radius 2 is 2.19 bits per heavy atom. The van der Waals surface area contributed by atoms with E-state index in [-0.39, 0.29) is 11.8 Å². The molecule has 21 heavy (non-hydrogen) atoms. The Kier molecular flexibility index (Phi) is 5.79. The van der Waals surface area contributed by atoms with Crippen molar-refractivity contribution in [3.8, 4) is 11.8 Å². The molecule has 1 aromatic carbocycles. The molecule has 1 heterocycles. The first-order valence-electron chi connectivity index (χ1n) is 7.31. The highest BCUT2D eigenvalue weighted by atomic mass is 16.5. The van der Waals surface area contributed by atoms with Crippen molar-refractivity contribution in [1.82, 2.24) is 4.90 Å². The van der Waals surface area contributed by atoms with Crippen molar-refractivity contribution in [2.45, 2.75) is 19.4 Å². The van der Waals surface area contributed by atoms with Crippen molar-refractivity contribution in [2.75, 3.05) is 26.8 Å². The first kappa shape index (κ1) is 15.6. The quantitative estimate of drug-likeness (QED) is 0.854. The predicted molar refractivity (Wildman–Crippen MR) is 82.4 cm³/mol. The Hall–Kier alpha value is -1.83. The Labute approximate surface area is 126 Å². The number of nitrogens with zero attached hydrogens (tertiary/aromatic N) is 1. The van der Waals surface area contributed by atoms with Gasteiger partial charge in [0, 0.05) is 38.3 Å². The molecule has 0 bridgehead atoms. The summed E-state index contributed by atoms with van der Waals surface area (Å²) in [6.45, 7) is 2.34. The minimum absolute atomic E-state index is 0.101. The summed E-state index contributed by atoms with van der Waals surface area (Å²) < 4.78 is 5.30. The molecule has 112 valence electrons. The van der Waals surface area contributed by atoms with Crippen LogP contribution in [0.4, 0.5) is 0 Å². The van der Waals surface area contributed by atoms with E-state index in [2.05, 4.69) is 11.8 Å². The lowest BCUT2D eigenvalue weighted by Gasteiger charge is -2.26. The van der Waals surface area contributed by atoms with Gasteiger partial charge in [-0.1, -0.05) is 24.0 Å². The molecule has 1 fully saturated rings. The molecule has 1 amide bonds. The summed E-state index contributed by atoms with van der Waals surface area (Å²) in [5, 5.41) is 0. The summed E-state index contributed by atoms with van der Waals surface area (Å²) in [4.78, 5) is 14.2.